The van der Waals surface area contributed by atoms with Crippen molar-refractivity contribution in [1.29, 1.82) is 0 Å². The van der Waals surface area contributed by atoms with Crippen LogP contribution in [-0.2, 0) is 29.3 Å². The smallest absolute Gasteiger partial charge is 0.175 e. The van der Waals surface area contributed by atoms with Crippen molar-refractivity contribution in [2.75, 3.05) is 6.26 Å². The van der Waals surface area contributed by atoms with Crippen LogP contribution in [-0.4, -0.2) is 35.5 Å². The number of sulfone groups is 1. The van der Waals surface area contributed by atoms with Gasteiger partial charge in [-0.15, -0.1) is 10.2 Å². The lowest BCUT2D eigenvalue weighted by Gasteiger charge is -2.26. The highest BCUT2D eigenvalue weighted by atomic mass is 32.2. The number of benzene rings is 1. The topological polar surface area (TPSA) is 76.9 Å². The summed E-state index contributed by atoms with van der Waals surface area (Å²) in [4.78, 5) is 0.361. The second-order valence-electron chi connectivity index (χ2n) is 6.77. The van der Waals surface area contributed by atoms with Gasteiger partial charge in [0.2, 0.25) is 0 Å². The van der Waals surface area contributed by atoms with Crippen molar-refractivity contribution in [1.82, 2.24) is 20.1 Å². The van der Waals surface area contributed by atoms with Crippen LogP contribution >= 0.6 is 0 Å². The molecule has 1 atom stereocenters. The molecule has 1 aromatic carbocycles. The van der Waals surface area contributed by atoms with Gasteiger partial charge in [0.25, 0.3) is 0 Å². The lowest BCUT2D eigenvalue weighted by molar-refractivity contribution is 0.370. The normalized spacial score (nSPS) is 17.9. The molecule has 2 aromatic rings. The van der Waals surface area contributed by atoms with Crippen molar-refractivity contribution >= 4 is 9.84 Å². The zero-order valence-electron chi connectivity index (χ0n) is 14.4. The number of nitrogens with zero attached hydrogens (tertiary/aromatic N) is 3. The molecule has 130 valence electrons. The van der Waals surface area contributed by atoms with Gasteiger partial charge in [0.15, 0.2) is 9.84 Å². The van der Waals surface area contributed by atoms with E-state index in [4.69, 9.17) is 0 Å². The molecule has 0 aliphatic carbocycles. The van der Waals surface area contributed by atoms with E-state index < -0.39 is 9.84 Å². The van der Waals surface area contributed by atoms with Gasteiger partial charge in [-0.3, -0.25) is 0 Å². The Hall–Kier alpha value is -1.73. The Balaban J connectivity index is 1.62. The summed E-state index contributed by atoms with van der Waals surface area (Å²) < 4.78 is 25.2. The fourth-order valence-electron chi connectivity index (χ4n) is 3.06. The Kier molecular flexibility index (Phi) is 4.73. The van der Waals surface area contributed by atoms with Crippen molar-refractivity contribution in [2.45, 2.75) is 56.6 Å². The van der Waals surface area contributed by atoms with Gasteiger partial charge < -0.3 is 9.88 Å². The Bertz CT molecular complexity index is 810. The molecule has 0 saturated heterocycles. The summed E-state index contributed by atoms with van der Waals surface area (Å²) in [7, 11) is -3.13. The Labute approximate surface area is 143 Å². The highest BCUT2D eigenvalue weighted by Crippen LogP contribution is 2.20. The maximum atomic E-state index is 11.5. The van der Waals surface area contributed by atoms with Gasteiger partial charge in [-0.05, 0) is 24.1 Å². The molecule has 0 bridgehead atoms. The van der Waals surface area contributed by atoms with Gasteiger partial charge >= 0.3 is 0 Å². The first-order valence-electron chi connectivity index (χ1n) is 8.29. The van der Waals surface area contributed by atoms with Crippen molar-refractivity contribution in [3.8, 4) is 0 Å². The van der Waals surface area contributed by atoms with E-state index in [9.17, 15) is 8.42 Å². The Morgan fingerprint density at radius 2 is 1.96 bits per heavy atom. The van der Waals surface area contributed by atoms with E-state index in [-0.39, 0.29) is 0 Å². The van der Waals surface area contributed by atoms with Gasteiger partial charge in [0.1, 0.15) is 11.6 Å². The van der Waals surface area contributed by atoms with E-state index in [1.807, 2.05) is 12.1 Å². The molecule has 0 amide bonds. The summed E-state index contributed by atoms with van der Waals surface area (Å²) in [6.45, 7) is 5.88. The van der Waals surface area contributed by atoms with Crippen LogP contribution in [0.4, 0.5) is 0 Å². The minimum absolute atomic E-state index is 0.361. The summed E-state index contributed by atoms with van der Waals surface area (Å²) in [5.74, 6) is 2.50. The molecular weight excluding hydrogens is 324 g/mol. The van der Waals surface area contributed by atoms with Crippen LogP contribution in [0.3, 0.4) is 0 Å². The van der Waals surface area contributed by atoms with E-state index in [1.54, 1.807) is 12.1 Å². The molecule has 0 spiro atoms. The number of nitrogens with one attached hydrogen (secondary N) is 1. The number of fused-ring (bicyclic) bond motifs is 1. The molecule has 7 heteroatoms. The average molecular weight is 348 g/mol. The predicted molar refractivity (Wildman–Crippen MR) is 92.6 cm³/mol. The monoisotopic (exact) mass is 348 g/mol. The fraction of sp³-hybridized carbons (Fsp3) is 0.529. The molecule has 0 fully saturated rings. The largest absolute Gasteiger partial charge is 0.313 e. The summed E-state index contributed by atoms with van der Waals surface area (Å²) in [5.41, 5.74) is 1.08. The van der Waals surface area contributed by atoms with Gasteiger partial charge in [0.05, 0.1) is 4.90 Å². The maximum Gasteiger partial charge on any atom is 0.175 e. The zero-order valence-corrected chi connectivity index (χ0v) is 15.2. The molecule has 2 heterocycles. The third kappa shape index (κ3) is 3.67. The van der Waals surface area contributed by atoms with Gasteiger partial charge in [-0.25, -0.2) is 8.42 Å². The standard InChI is InChI=1S/C17H24N4O2S/c1-12(2)17-20-19-16-9-6-14(11-21(16)17)18-10-13-4-7-15(8-5-13)24(3,22)23/h4-5,7-8,12,14,18H,6,9-11H2,1-3H3/t14-/m1/s1. The van der Waals surface area contributed by atoms with Crippen LogP contribution in [0.1, 0.15) is 43.4 Å². The zero-order chi connectivity index (χ0) is 17.3. The minimum Gasteiger partial charge on any atom is -0.313 e. The first-order chi connectivity index (χ1) is 11.3. The van der Waals surface area contributed by atoms with Crippen molar-refractivity contribution in [3.63, 3.8) is 0 Å². The second-order valence-corrected chi connectivity index (χ2v) is 8.79. The van der Waals surface area contributed by atoms with Gasteiger partial charge in [-0.2, -0.15) is 0 Å². The predicted octanol–water partition coefficient (Wildman–Crippen LogP) is 1.91. The van der Waals surface area contributed by atoms with E-state index in [0.29, 0.717) is 16.9 Å². The maximum absolute atomic E-state index is 11.5. The lowest BCUT2D eigenvalue weighted by Crippen LogP contribution is -2.37. The molecule has 24 heavy (non-hydrogen) atoms. The van der Waals surface area contributed by atoms with Gasteiger partial charge in [-0.1, -0.05) is 26.0 Å². The molecule has 1 aromatic heterocycles. The molecule has 6 nitrogen and oxygen atoms in total. The van der Waals surface area contributed by atoms with Crippen LogP contribution in [0.15, 0.2) is 29.2 Å². The number of aromatic nitrogens is 3. The van der Waals surface area contributed by atoms with Crippen molar-refractivity contribution < 1.29 is 8.42 Å². The molecule has 0 saturated carbocycles. The highest BCUT2D eigenvalue weighted by Gasteiger charge is 2.23. The van der Waals surface area contributed by atoms with Crippen molar-refractivity contribution in [3.05, 3.63) is 41.5 Å². The molecule has 0 unspecified atom stereocenters. The number of rotatable bonds is 5. The van der Waals surface area contributed by atoms with Crippen molar-refractivity contribution in [2.24, 2.45) is 0 Å². The van der Waals surface area contributed by atoms with Gasteiger partial charge in [0, 0.05) is 37.7 Å². The van der Waals surface area contributed by atoms with Crippen LogP contribution in [0.5, 0.6) is 0 Å². The fourth-order valence-corrected chi connectivity index (χ4v) is 3.69. The van der Waals surface area contributed by atoms with E-state index in [0.717, 1.165) is 43.1 Å². The summed E-state index contributed by atoms with van der Waals surface area (Å²) in [6, 6.07) is 7.45. The van der Waals surface area contributed by atoms with Crippen LogP contribution in [0, 0.1) is 0 Å². The lowest BCUT2D eigenvalue weighted by atomic mass is 10.1. The second kappa shape index (κ2) is 6.64. The molecule has 1 aliphatic rings. The molecule has 1 N–H and O–H groups in total. The van der Waals surface area contributed by atoms with Crippen LogP contribution in [0.2, 0.25) is 0 Å². The first-order valence-corrected chi connectivity index (χ1v) is 10.2. The summed E-state index contributed by atoms with van der Waals surface area (Å²) >= 11 is 0. The third-order valence-electron chi connectivity index (χ3n) is 4.44. The molecular formula is C17H24N4O2S. The molecule has 0 radical (unpaired) electrons. The van der Waals surface area contributed by atoms with E-state index in [1.165, 1.54) is 6.26 Å². The summed E-state index contributed by atoms with van der Waals surface area (Å²) in [5, 5.41) is 12.2. The number of aryl methyl sites for hydroxylation is 1. The first kappa shape index (κ1) is 17.1. The van der Waals surface area contributed by atoms with Crippen LogP contribution < -0.4 is 5.32 Å². The van der Waals surface area contributed by atoms with Crippen LogP contribution in [0.25, 0.3) is 0 Å². The molecule has 3 rings (SSSR count). The quantitative estimate of drug-likeness (QED) is 0.893. The number of hydrogen-bond acceptors (Lipinski definition) is 5. The average Bonchev–Trinajstić information content (AvgIpc) is 2.96. The van der Waals surface area contributed by atoms with E-state index in [2.05, 4.69) is 33.9 Å². The number of hydrogen-bond donors (Lipinski definition) is 1. The highest BCUT2D eigenvalue weighted by molar-refractivity contribution is 7.90. The summed E-state index contributed by atoms with van der Waals surface area (Å²) in [6.07, 6.45) is 3.20. The Morgan fingerprint density at radius 1 is 1.25 bits per heavy atom. The third-order valence-corrected chi connectivity index (χ3v) is 5.57. The minimum atomic E-state index is -3.13. The Morgan fingerprint density at radius 3 is 2.58 bits per heavy atom. The van der Waals surface area contributed by atoms with E-state index >= 15 is 0 Å². The SMILES string of the molecule is CC(C)c1nnc2n1C[C@H](NCc1ccc(S(C)(=O)=O)cc1)CC2. The molecule has 1 aliphatic heterocycles.